The lowest BCUT2D eigenvalue weighted by molar-refractivity contribution is -0.870. The van der Waals surface area contributed by atoms with Crippen LogP contribution in [0.5, 0.6) is 0 Å². The van der Waals surface area contributed by atoms with Crippen molar-refractivity contribution in [3.63, 3.8) is 0 Å². The van der Waals surface area contributed by atoms with Crippen molar-refractivity contribution in [3.8, 4) is 0 Å². The zero-order valence-corrected chi connectivity index (χ0v) is 43.5. The number of aliphatic hydroxyl groups is 3. The molecule has 2 rings (SSSR count). The molecule has 1 aliphatic heterocycles. The second-order valence-electron chi connectivity index (χ2n) is 19.7. The van der Waals surface area contributed by atoms with Gasteiger partial charge in [-0.15, -0.1) is 0 Å². The predicted octanol–water partition coefficient (Wildman–Crippen LogP) is 10.5. The van der Waals surface area contributed by atoms with Gasteiger partial charge in [0.15, 0.2) is 12.4 Å². The Kier molecular flexibility index (Phi) is 31.6. The fourth-order valence-electron chi connectivity index (χ4n) is 8.06. The quantitative estimate of drug-likeness (QED) is 0.0160. The number of quaternary nitrogens is 1. The van der Waals surface area contributed by atoms with E-state index < -0.39 is 57.1 Å². The molecule has 7 atom stereocenters. The number of hydrogen-bond donors (Lipinski definition) is 4. The summed E-state index contributed by atoms with van der Waals surface area (Å²) in [4.78, 5) is 35.8. The van der Waals surface area contributed by atoms with Crippen LogP contribution in [-0.2, 0) is 50.3 Å². The number of hydrogen-bond acceptors (Lipinski definition) is 12. The molecule has 1 aromatic rings. The van der Waals surface area contributed by atoms with Gasteiger partial charge in [0.25, 0.3) is 0 Å². The number of rotatable bonds is 39. The third-order valence-electron chi connectivity index (χ3n) is 12.5. The first-order chi connectivity index (χ1) is 31.9. The molecule has 388 valence electrons. The lowest BCUT2D eigenvalue weighted by Crippen LogP contribution is -2.43. The number of nitrogens with zero attached hydrogens (tertiary/aromatic N) is 1. The zero-order chi connectivity index (χ0) is 49.5. The highest BCUT2D eigenvalue weighted by molar-refractivity contribution is 7.47. The Balaban J connectivity index is 1.72. The normalized spacial score (nSPS) is 19.8. The highest BCUT2D eigenvalue weighted by atomic mass is 31.2. The lowest BCUT2D eigenvalue weighted by atomic mass is 9.87. The number of furan rings is 1. The monoisotopic (exact) mass is 971 g/mol. The van der Waals surface area contributed by atoms with Crippen molar-refractivity contribution in [3.05, 3.63) is 47.0 Å². The molecule has 2 heterocycles. The second kappa shape index (κ2) is 34.8. The van der Waals surface area contributed by atoms with Crippen molar-refractivity contribution in [2.75, 3.05) is 47.5 Å². The Morgan fingerprint density at radius 3 is 1.99 bits per heavy atom. The molecule has 67 heavy (non-hydrogen) atoms. The molecule has 0 saturated carbocycles. The smallest absolute Gasteiger partial charge is 0.466 e. The maximum absolute atomic E-state index is 12.9. The summed E-state index contributed by atoms with van der Waals surface area (Å²) in [6.07, 6.45) is 25.2. The molecule has 0 bridgehead atoms. The van der Waals surface area contributed by atoms with E-state index in [1.165, 1.54) is 74.0 Å². The van der Waals surface area contributed by atoms with Crippen LogP contribution in [0.3, 0.4) is 0 Å². The van der Waals surface area contributed by atoms with E-state index >= 15 is 0 Å². The fraction of sp³-hybridized carbons (Fsp3) is 0.808. The molecule has 1 aromatic heterocycles. The second-order valence-corrected chi connectivity index (χ2v) is 21.1. The number of phosphoric acid groups is 1. The summed E-state index contributed by atoms with van der Waals surface area (Å²) < 4.78 is 46.4. The van der Waals surface area contributed by atoms with Gasteiger partial charge in [-0.2, -0.15) is 0 Å². The van der Waals surface area contributed by atoms with Crippen LogP contribution >= 0.6 is 7.82 Å². The van der Waals surface area contributed by atoms with Crippen molar-refractivity contribution in [2.24, 2.45) is 5.92 Å². The van der Waals surface area contributed by atoms with E-state index in [9.17, 15) is 34.4 Å². The number of phosphoric ester groups is 1. The van der Waals surface area contributed by atoms with Gasteiger partial charge in [0.1, 0.15) is 31.3 Å². The fourth-order valence-corrected chi connectivity index (χ4v) is 8.80. The van der Waals surface area contributed by atoms with E-state index in [-0.39, 0.29) is 38.4 Å². The van der Waals surface area contributed by atoms with Crippen molar-refractivity contribution in [1.29, 1.82) is 0 Å². The number of carbonyl (C=O) groups excluding carboxylic acids is 2. The summed E-state index contributed by atoms with van der Waals surface area (Å²) in [5.74, 6) is 1.02. The summed E-state index contributed by atoms with van der Waals surface area (Å²) in [5.41, 5.74) is 2.67. The maximum Gasteiger partial charge on any atom is 0.472 e. The van der Waals surface area contributed by atoms with E-state index in [1.54, 1.807) is 12.2 Å². The topological polar surface area (TPSA) is 191 Å². The lowest BCUT2D eigenvalue weighted by Gasteiger charge is -2.36. The molecule has 1 saturated heterocycles. The van der Waals surface area contributed by atoms with Crippen LogP contribution in [0.2, 0.25) is 0 Å². The maximum atomic E-state index is 12.9. The van der Waals surface area contributed by atoms with Crippen LogP contribution in [-0.4, -0.2) is 115 Å². The van der Waals surface area contributed by atoms with Gasteiger partial charge in [-0.05, 0) is 69.9 Å². The van der Waals surface area contributed by atoms with Crippen LogP contribution in [0, 0.1) is 19.8 Å². The first-order valence-electron chi connectivity index (χ1n) is 25.8. The third kappa shape index (κ3) is 28.8. The van der Waals surface area contributed by atoms with E-state index in [0.29, 0.717) is 43.1 Å². The molecule has 15 heteroatoms. The van der Waals surface area contributed by atoms with E-state index in [2.05, 4.69) is 27.7 Å². The molecule has 0 amide bonds. The van der Waals surface area contributed by atoms with Gasteiger partial charge in [0.05, 0.1) is 46.1 Å². The average molecular weight is 971 g/mol. The predicted molar refractivity (Wildman–Crippen MR) is 263 cm³/mol. The minimum Gasteiger partial charge on any atom is -0.466 e. The van der Waals surface area contributed by atoms with Crippen molar-refractivity contribution in [1.82, 2.24) is 0 Å². The number of esters is 2. The number of ether oxygens (including phenoxy) is 3. The molecular formula is C52H93NO13P+. The Hall–Kier alpha value is -2.39. The van der Waals surface area contributed by atoms with Gasteiger partial charge >= 0.3 is 19.8 Å². The highest BCUT2D eigenvalue weighted by Crippen LogP contribution is 2.43. The van der Waals surface area contributed by atoms with Gasteiger partial charge in [-0.1, -0.05) is 122 Å². The Labute approximate surface area is 404 Å². The average Bonchev–Trinajstić information content (AvgIpc) is 3.53. The molecule has 1 fully saturated rings. The summed E-state index contributed by atoms with van der Waals surface area (Å²) in [6, 6.07) is 0. The molecule has 2 unspecified atom stereocenters. The summed E-state index contributed by atoms with van der Waals surface area (Å²) in [6.45, 7) is 8.34. The van der Waals surface area contributed by atoms with Crippen LogP contribution in [0.4, 0.5) is 0 Å². The Morgan fingerprint density at radius 1 is 0.776 bits per heavy atom. The minimum absolute atomic E-state index is 0.0226. The zero-order valence-electron chi connectivity index (χ0n) is 42.6. The molecule has 0 radical (unpaired) electrons. The molecule has 0 aliphatic carbocycles. The molecule has 14 nitrogen and oxygen atoms in total. The summed E-state index contributed by atoms with van der Waals surface area (Å²) >= 11 is 0. The number of aliphatic hydroxyl groups excluding tert-OH is 3. The third-order valence-corrected chi connectivity index (χ3v) is 13.5. The van der Waals surface area contributed by atoms with E-state index in [0.717, 1.165) is 57.8 Å². The Morgan fingerprint density at radius 2 is 1.36 bits per heavy atom. The number of carbonyl (C=O) groups is 2. The number of unbranched alkanes of at least 4 members (excludes halogenated alkanes) is 14. The minimum atomic E-state index is -4.47. The number of aryl methyl sites for hydroxylation is 2. The summed E-state index contributed by atoms with van der Waals surface area (Å²) in [5, 5.41) is 31.1. The van der Waals surface area contributed by atoms with Crippen LogP contribution < -0.4 is 0 Å². The number of allylic oxidation sites excluding steroid dienone is 2. The first kappa shape index (κ1) is 60.7. The van der Waals surface area contributed by atoms with E-state index in [1.807, 2.05) is 33.3 Å². The van der Waals surface area contributed by atoms with Gasteiger partial charge in [-0.3, -0.25) is 18.6 Å². The highest BCUT2D eigenvalue weighted by Gasteiger charge is 2.35. The first-order valence-corrected chi connectivity index (χ1v) is 27.3. The number of likely N-dealkylation sites (N-methyl/N-ethyl adjacent to an activating group) is 1. The molecule has 0 aromatic carbocycles. The van der Waals surface area contributed by atoms with Crippen LogP contribution in [0.25, 0.3) is 0 Å². The van der Waals surface area contributed by atoms with E-state index in [4.69, 9.17) is 27.7 Å². The molecule has 1 aliphatic rings. The van der Waals surface area contributed by atoms with Gasteiger partial charge in [-0.25, -0.2) is 4.57 Å². The van der Waals surface area contributed by atoms with Gasteiger partial charge in [0.2, 0.25) is 0 Å². The van der Waals surface area contributed by atoms with Crippen LogP contribution in [0.1, 0.15) is 184 Å². The SMILES string of the molecule is CCCCCc1oc(CCCCCCCCCCCCC(=O)OC[C@H](COP(=O)(O)OCC[N+](C)(C)C)OC(=O)CCC/C=C\C[C@H]2[C@@H](O)CC(O)O[C@@H]2/C=C/[C@@H](O)CCCCC)c(C)c1C. The molecular weight excluding hydrogens is 878 g/mol. The largest absolute Gasteiger partial charge is 0.472 e. The van der Waals surface area contributed by atoms with Gasteiger partial charge < -0.3 is 43.3 Å². The van der Waals surface area contributed by atoms with Crippen molar-refractivity contribution < 1.29 is 66.5 Å². The molecule has 4 N–H and O–H groups in total. The Bertz CT molecular complexity index is 1590. The van der Waals surface area contributed by atoms with Crippen LogP contribution in [0.15, 0.2) is 28.7 Å². The summed E-state index contributed by atoms with van der Waals surface area (Å²) in [7, 11) is 1.30. The van der Waals surface area contributed by atoms with Crippen molar-refractivity contribution in [2.45, 2.75) is 219 Å². The van der Waals surface area contributed by atoms with Gasteiger partial charge in [0, 0.05) is 38.0 Å². The molecule has 0 spiro atoms. The standard InChI is InChI=1S/C52H92NO13P/c1-8-10-22-28-43(54)34-35-49-45(46(55)38-52(58)66-49)29-24-20-21-27-33-51(57)64-44(40-63-67(59,60)62-37-36-53(5,6)7)39-61-50(56)32-26-19-17-15-13-12-14-16-18-25-31-48-42(4)41(3)47(65-48)30-23-11-9-2/h20,24,34-35,43-46,49,52,54-55,58H,8-19,21-23,25-33,36-40H2,1-7H3/p+1/b24-20-,35-34+/t43-,44+,45-,46-,49+,52?/m0/s1. The van der Waals surface area contributed by atoms with Crippen molar-refractivity contribution >= 4 is 19.8 Å².